The number of aromatic amines is 1. The summed E-state index contributed by atoms with van der Waals surface area (Å²) in [4.78, 5) is 26.7. The number of anilines is 3. The Morgan fingerprint density at radius 3 is 2.57 bits per heavy atom. The van der Waals surface area contributed by atoms with Crippen LogP contribution in [-0.2, 0) is 0 Å². The Bertz CT molecular complexity index is 850. The second kappa shape index (κ2) is 6.36. The van der Waals surface area contributed by atoms with E-state index in [4.69, 9.17) is 5.26 Å². The molecule has 0 aliphatic heterocycles. The molecule has 112 valence electrons. The maximum absolute atomic E-state index is 12.1. The lowest BCUT2D eigenvalue weighted by atomic mass is 10.3. The smallest absolute Gasteiger partial charge is 0.260 e. The maximum atomic E-state index is 12.1. The van der Waals surface area contributed by atoms with Crippen LogP contribution in [0.5, 0.6) is 0 Å². The minimum atomic E-state index is -0.445. The van der Waals surface area contributed by atoms with E-state index in [1.807, 2.05) is 36.4 Å². The predicted octanol–water partition coefficient (Wildman–Crippen LogP) is 2.07. The standard InChI is InChI=1S/C15H11N7O/c16-6-12-13(20-9-19-12)22-14(23)10-7-17-15(18-8-10)21-11-4-2-1-3-5-11/h1-5,7-9H,(H,19,20)(H,22,23)(H,17,18,21). The van der Waals surface area contributed by atoms with Gasteiger partial charge in [-0.05, 0) is 12.1 Å². The third-order valence-electron chi connectivity index (χ3n) is 2.93. The summed E-state index contributed by atoms with van der Waals surface area (Å²) in [7, 11) is 0. The molecule has 1 amide bonds. The monoisotopic (exact) mass is 305 g/mol. The van der Waals surface area contributed by atoms with Crippen LogP contribution < -0.4 is 10.6 Å². The molecule has 3 N–H and O–H groups in total. The number of nitriles is 1. The van der Waals surface area contributed by atoms with Crippen molar-refractivity contribution >= 4 is 23.4 Å². The summed E-state index contributed by atoms with van der Waals surface area (Å²) in [6, 6.07) is 11.3. The highest BCUT2D eigenvalue weighted by atomic mass is 16.1. The molecule has 0 atom stereocenters. The lowest BCUT2D eigenvalue weighted by Gasteiger charge is -2.05. The number of aromatic nitrogens is 4. The van der Waals surface area contributed by atoms with Gasteiger partial charge in [0.2, 0.25) is 5.95 Å². The molecular weight excluding hydrogens is 294 g/mol. The van der Waals surface area contributed by atoms with Gasteiger partial charge in [-0.15, -0.1) is 0 Å². The zero-order valence-electron chi connectivity index (χ0n) is 11.8. The van der Waals surface area contributed by atoms with Crippen molar-refractivity contribution in [2.24, 2.45) is 0 Å². The molecule has 23 heavy (non-hydrogen) atoms. The molecule has 0 radical (unpaired) electrons. The number of hydrogen-bond donors (Lipinski definition) is 3. The van der Waals surface area contributed by atoms with Gasteiger partial charge in [-0.25, -0.2) is 15.0 Å². The fraction of sp³-hybridized carbons (Fsp3) is 0. The van der Waals surface area contributed by atoms with Crippen LogP contribution in [0.2, 0.25) is 0 Å². The van der Waals surface area contributed by atoms with Gasteiger partial charge in [0.25, 0.3) is 5.91 Å². The van der Waals surface area contributed by atoms with Crippen molar-refractivity contribution in [1.29, 1.82) is 5.26 Å². The summed E-state index contributed by atoms with van der Waals surface area (Å²) in [5.41, 5.74) is 1.29. The fourth-order valence-electron chi connectivity index (χ4n) is 1.81. The highest BCUT2D eigenvalue weighted by Gasteiger charge is 2.12. The van der Waals surface area contributed by atoms with Crippen molar-refractivity contribution in [3.63, 3.8) is 0 Å². The second-order valence-electron chi connectivity index (χ2n) is 4.48. The molecule has 2 heterocycles. The number of hydrogen-bond acceptors (Lipinski definition) is 6. The molecular formula is C15H11N7O. The molecule has 0 fully saturated rings. The number of amides is 1. The van der Waals surface area contributed by atoms with Crippen LogP contribution in [0.4, 0.5) is 17.5 Å². The van der Waals surface area contributed by atoms with Gasteiger partial charge in [0, 0.05) is 18.1 Å². The van der Waals surface area contributed by atoms with E-state index in [2.05, 4.69) is 30.6 Å². The third-order valence-corrected chi connectivity index (χ3v) is 2.93. The minimum absolute atomic E-state index is 0.170. The van der Waals surface area contributed by atoms with E-state index < -0.39 is 5.91 Å². The highest BCUT2D eigenvalue weighted by molar-refractivity contribution is 6.03. The van der Waals surface area contributed by atoms with Crippen LogP contribution in [0.3, 0.4) is 0 Å². The highest BCUT2D eigenvalue weighted by Crippen LogP contribution is 2.13. The molecule has 0 bridgehead atoms. The van der Waals surface area contributed by atoms with Gasteiger partial charge >= 0.3 is 0 Å². The maximum Gasteiger partial charge on any atom is 0.260 e. The first-order chi connectivity index (χ1) is 11.3. The molecule has 8 nitrogen and oxygen atoms in total. The van der Waals surface area contributed by atoms with E-state index in [9.17, 15) is 4.79 Å². The topological polar surface area (TPSA) is 119 Å². The lowest BCUT2D eigenvalue weighted by molar-refractivity contribution is 0.102. The van der Waals surface area contributed by atoms with Crippen molar-refractivity contribution in [3.05, 3.63) is 60.3 Å². The number of H-pyrrole nitrogens is 1. The molecule has 0 saturated carbocycles. The number of carbonyl (C=O) groups excluding carboxylic acids is 1. The number of benzene rings is 1. The number of rotatable bonds is 4. The van der Waals surface area contributed by atoms with E-state index in [0.29, 0.717) is 5.95 Å². The van der Waals surface area contributed by atoms with Crippen LogP contribution in [0.15, 0.2) is 49.1 Å². The molecule has 0 spiro atoms. The van der Waals surface area contributed by atoms with E-state index in [1.54, 1.807) is 0 Å². The summed E-state index contributed by atoms with van der Waals surface area (Å²) in [5, 5.41) is 14.4. The quantitative estimate of drug-likeness (QED) is 0.678. The van der Waals surface area contributed by atoms with Gasteiger partial charge in [0.15, 0.2) is 11.5 Å². The van der Waals surface area contributed by atoms with Crippen molar-refractivity contribution in [2.45, 2.75) is 0 Å². The second-order valence-corrected chi connectivity index (χ2v) is 4.48. The molecule has 3 aromatic rings. The normalized spacial score (nSPS) is 9.87. The van der Waals surface area contributed by atoms with Gasteiger partial charge in [-0.1, -0.05) is 18.2 Å². The first kappa shape index (κ1) is 14.2. The predicted molar refractivity (Wildman–Crippen MR) is 83.0 cm³/mol. The Labute approximate surface area is 131 Å². The average Bonchev–Trinajstić information content (AvgIpc) is 3.03. The molecule has 2 aromatic heterocycles. The zero-order valence-corrected chi connectivity index (χ0v) is 11.8. The molecule has 3 rings (SSSR count). The minimum Gasteiger partial charge on any atom is -0.335 e. The first-order valence-corrected chi connectivity index (χ1v) is 6.65. The van der Waals surface area contributed by atoms with Crippen molar-refractivity contribution < 1.29 is 4.79 Å². The first-order valence-electron chi connectivity index (χ1n) is 6.65. The number of nitrogens with one attached hydrogen (secondary N) is 3. The van der Waals surface area contributed by atoms with E-state index in [-0.39, 0.29) is 17.1 Å². The number of imidazole rings is 1. The Hall–Kier alpha value is -3.73. The van der Waals surface area contributed by atoms with Gasteiger partial charge in [-0.3, -0.25) is 4.79 Å². The lowest BCUT2D eigenvalue weighted by Crippen LogP contribution is -2.14. The van der Waals surface area contributed by atoms with Gasteiger partial charge in [-0.2, -0.15) is 5.26 Å². The number of para-hydroxylation sites is 1. The van der Waals surface area contributed by atoms with Crippen LogP contribution in [0.1, 0.15) is 16.1 Å². The number of nitrogens with zero attached hydrogens (tertiary/aromatic N) is 4. The molecule has 0 aliphatic carbocycles. The van der Waals surface area contributed by atoms with Crippen molar-refractivity contribution in [2.75, 3.05) is 10.6 Å². The third kappa shape index (κ3) is 3.30. The van der Waals surface area contributed by atoms with E-state index >= 15 is 0 Å². The summed E-state index contributed by atoms with van der Waals surface area (Å²) < 4.78 is 0. The Balaban J connectivity index is 1.69. The zero-order chi connectivity index (χ0) is 16.1. The van der Waals surface area contributed by atoms with Crippen molar-refractivity contribution in [3.8, 4) is 6.07 Å². The Morgan fingerprint density at radius 1 is 1.13 bits per heavy atom. The van der Waals surface area contributed by atoms with E-state index in [0.717, 1.165) is 5.69 Å². The molecule has 0 aliphatic rings. The SMILES string of the molecule is N#Cc1[nH]cnc1NC(=O)c1cnc(Nc2ccccc2)nc1. The van der Waals surface area contributed by atoms with Gasteiger partial charge in [0.05, 0.1) is 11.9 Å². The van der Waals surface area contributed by atoms with Crippen molar-refractivity contribution in [1.82, 2.24) is 19.9 Å². The molecule has 8 heteroatoms. The summed E-state index contributed by atoms with van der Waals surface area (Å²) >= 11 is 0. The molecule has 0 saturated heterocycles. The number of carbonyl (C=O) groups is 1. The average molecular weight is 305 g/mol. The van der Waals surface area contributed by atoms with Crippen LogP contribution in [-0.4, -0.2) is 25.8 Å². The summed E-state index contributed by atoms with van der Waals surface area (Å²) in [6.45, 7) is 0. The van der Waals surface area contributed by atoms with Crippen LogP contribution in [0.25, 0.3) is 0 Å². The Kier molecular flexibility index (Phi) is 3.93. The van der Waals surface area contributed by atoms with Gasteiger partial charge in [0.1, 0.15) is 6.07 Å². The van der Waals surface area contributed by atoms with Gasteiger partial charge < -0.3 is 15.6 Å². The summed E-state index contributed by atoms with van der Waals surface area (Å²) in [6.07, 6.45) is 4.12. The van der Waals surface area contributed by atoms with Crippen LogP contribution in [0, 0.1) is 11.3 Å². The Morgan fingerprint density at radius 2 is 1.87 bits per heavy atom. The molecule has 0 unspecified atom stereocenters. The summed E-state index contributed by atoms with van der Waals surface area (Å²) in [5.74, 6) is 0.106. The van der Waals surface area contributed by atoms with Crippen LogP contribution >= 0.6 is 0 Å². The van der Waals surface area contributed by atoms with E-state index in [1.165, 1.54) is 18.7 Å². The largest absolute Gasteiger partial charge is 0.335 e. The fourth-order valence-corrected chi connectivity index (χ4v) is 1.81. The molecule has 1 aromatic carbocycles.